The second-order valence-corrected chi connectivity index (χ2v) is 8.03. The largest absolute Gasteiger partial charge is 0.503 e. The predicted molar refractivity (Wildman–Crippen MR) is 121 cm³/mol. The predicted octanol–water partition coefficient (Wildman–Crippen LogP) is 3.06. The molecule has 8 nitrogen and oxygen atoms in total. The zero-order chi connectivity index (χ0) is 23.4. The topological polar surface area (TPSA) is 92.5 Å². The minimum Gasteiger partial charge on any atom is -0.503 e. The molecule has 4 rings (SSSR count). The van der Waals surface area contributed by atoms with Crippen LogP contribution in [0.3, 0.4) is 0 Å². The lowest BCUT2D eigenvalue weighted by Crippen LogP contribution is -2.43. The number of amides is 1. The Morgan fingerprint density at radius 1 is 1.24 bits per heavy atom. The van der Waals surface area contributed by atoms with Crippen LogP contribution in [-0.2, 0) is 9.53 Å². The molecule has 2 aliphatic heterocycles. The lowest BCUT2D eigenvalue weighted by molar-refractivity contribution is -0.129. The van der Waals surface area contributed by atoms with E-state index in [1.165, 1.54) is 0 Å². The molecule has 0 aliphatic carbocycles. The fourth-order valence-electron chi connectivity index (χ4n) is 4.16. The average Bonchev–Trinajstić information content (AvgIpc) is 3.38. The van der Waals surface area contributed by atoms with Gasteiger partial charge in [0.25, 0.3) is 5.91 Å². The van der Waals surface area contributed by atoms with Crippen LogP contribution in [0.4, 0.5) is 0 Å². The van der Waals surface area contributed by atoms with E-state index in [-0.39, 0.29) is 11.3 Å². The Bertz CT molecular complexity index is 1070. The molecular formula is C25H28N2O6. The van der Waals surface area contributed by atoms with Crippen molar-refractivity contribution in [3.8, 4) is 5.75 Å². The van der Waals surface area contributed by atoms with Crippen LogP contribution in [0.2, 0.25) is 0 Å². The molecule has 1 saturated heterocycles. The van der Waals surface area contributed by atoms with Gasteiger partial charge in [-0.3, -0.25) is 14.5 Å². The van der Waals surface area contributed by atoms with Crippen LogP contribution < -0.4 is 4.74 Å². The fourth-order valence-corrected chi connectivity index (χ4v) is 4.16. The number of ketones is 1. The van der Waals surface area contributed by atoms with Crippen molar-refractivity contribution in [2.24, 2.45) is 0 Å². The van der Waals surface area contributed by atoms with Crippen molar-refractivity contribution in [1.82, 2.24) is 9.80 Å². The van der Waals surface area contributed by atoms with Gasteiger partial charge >= 0.3 is 0 Å². The number of nitrogens with zero attached hydrogens (tertiary/aromatic N) is 2. The van der Waals surface area contributed by atoms with E-state index in [0.717, 1.165) is 13.1 Å². The molecule has 0 saturated carbocycles. The standard InChI is InChI=1S/C25H28N2O6/c1-3-13-32-19-6-4-5-18(16-19)22-21(23(28)20-8-7-17(2)33-20)24(29)25(30)27(22)10-9-26-11-14-31-15-12-26/h3-8,16,22,29H,1,9-15H2,2H3/t22-/m1/s1. The molecule has 174 valence electrons. The quantitative estimate of drug-likeness (QED) is 0.462. The summed E-state index contributed by atoms with van der Waals surface area (Å²) in [5.41, 5.74) is 0.680. The number of furan rings is 1. The Morgan fingerprint density at radius 3 is 2.73 bits per heavy atom. The zero-order valence-corrected chi connectivity index (χ0v) is 18.7. The van der Waals surface area contributed by atoms with E-state index >= 15 is 0 Å². The van der Waals surface area contributed by atoms with E-state index in [2.05, 4.69) is 11.5 Å². The van der Waals surface area contributed by atoms with Crippen LogP contribution in [0, 0.1) is 6.92 Å². The normalized spacial score (nSPS) is 19.2. The molecule has 0 spiro atoms. The summed E-state index contributed by atoms with van der Waals surface area (Å²) in [5.74, 6) is -0.384. The first-order valence-corrected chi connectivity index (χ1v) is 11.0. The summed E-state index contributed by atoms with van der Waals surface area (Å²) in [5, 5.41) is 10.8. The van der Waals surface area contributed by atoms with E-state index in [0.29, 0.717) is 50.0 Å². The highest BCUT2D eigenvalue weighted by atomic mass is 16.5. The zero-order valence-electron chi connectivity index (χ0n) is 18.7. The first-order chi connectivity index (χ1) is 16.0. The van der Waals surface area contributed by atoms with Crippen LogP contribution in [0.15, 0.2) is 64.8 Å². The van der Waals surface area contributed by atoms with Crippen molar-refractivity contribution in [3.63, 3.8) is 0 Å². The number of rotatable bonds is 9. The van der Waals surface area contributed by atoms with Gasteiger partial charge in [-0.05, 0) is 36.8 Å². The molecule has 3 heterocycles. The third-order valence-electron chi connectivity index (χ3n) is 5.81. The first-order valence-electron chi connectivity index (χ1n) is 11.0. The van der Waals surface area contributed by atoms with Gasteiger partial charge in [0.15, 0.2) is 11.5 Å². The van der Waals surface area contributed by atoms with Crippen molar-refractivity contribution in [2.45, 2.75) is 13.0 Å². The highest BCUT2D eigenvalue weighted by Gasteiger charge is 2.44. The first kappa shape index (κ1) is 22.8. The minimum atomic E-state index is -0.760. The monoisotopic (exact) mass is 452 g/mol. The Morgan fingerprint density at radius 2 is 2.03 bits per heavy atom. The number of morpholine rings is 1. The second kappa shape index (κ2) is 10.1. The molecule has 2 aliphatic rings. The number of hydrogen-bond donors (Lipinski definition) is 1. The van der Waals surface area contributed by atoms with Gasteiger partial charge in [-0.1, -0.05) is 24.8 Å². The molecule has 1 amide bonds. The molecule has 1 N–H and O–H groups in total. The Balaban J connectivity index is 1.68. The van der Waals surface area contributed by atoms with Crippen molar-refractivity contribution in [1.29, 1.82) is 0 Å². The molecule has 8 heteroatoms. The van der Waals surface area contributed by atoms with Gasteiger partial charge in [-0.2, -0.15) is 0 Å². The Kier molecular flexibility index (Phi) is 6.96. The van der Waals surface area contributed by atoms with Crippen molar-refractivity contribution in [2.75, 3.05) is 46.0 Å². The van der Waals surface area contributed by atoms with Crippen LogP contribution in [-0.4, -0.2) is 72.6 Å². The summed E-state index contributed by atoms with van der Waals surface area (Å²) in [6.45, 7) is 9.50. The number of carbonyl (C=O) groups is 2. The van der Waals surface area contributed by atoms with Crippen LogP contribution in [0.25, 0.3) is 0 Å². The van der Waals surface area contributed by atoms with E-state index in [1.54, 1.807) is 48.2 Å². The highest BCUT2D eigenvalue weighted by molar-refractivity contribution is 6.15. The molecule has 0 radical (unpaired) electrons. The number of benzene rings is 1. The average molecular weight is 453 g/mol. The summed E-state index contributed by atoms with van der Waals surface area (Å²) in [6, 6.07) is 9.66. The van der Waals surface area contributed by atoms with Gasteiger partial charge in [0.1, 0.15) is 18.1 Å². The van der Waals surface area contributed by atoms with Crippen LogP contribution in [0.5, 0.6) is 5.75 Å². The molecule has 1 aromatic carbocycles. The lowest BCUT2D eigenvalue weighted by Gasteiger charge is -2.31. The maximum Gasteiger partial charge on any atom is 0.290 e. The summed E-state index contributed by atoms with van der Waals surface area (Å²) in [7, 11) is 0. The van der Waals surface area contributed by atoms with Crippen molar-refractivity contribution >= 4 is 11.7 Å². The number of Topliss-reactive ketones (excluding diaryl/α,β-unsaturated/α-hetero) is 1. The number of aliphatic hydroxyl groups excluding tert-OH is 1. The Hall–Kier alpha value is -3.36. The third-order valence-corrected chi connectivity index (χ3v) is 5.81. The minimum absolute atomic E-state index is 0.0113. The van der Waals surface area contributed by atoms with E-state index in [9.17, 15) is 14.7 Å². The molecule has 0 bridgehead atoms. The van der Waals surface area contributed by atoms with Crippen LogP contribution >= 0.6 is 0 Å². The number of carbonyl (C=O) groups excluding carboxylic acids is 2. The molecular weight excluding hydrogens is 424 g/mol. The van der Waals surface area contributed by atoms with Gasteiger partial charge in [0.2, 0.25) is 5.78 Å². The van der Waals surface area contributed by atoms with E-state index < -0.39 is 23.5 Å². The Labute approximate surface area is 192 Å². The lowest BCUT2D eigenvalue weighted by atomic mass is 9.95. The van der Waals surface area contributed by atoms with Crippen molar-refractivity contribution in [3.05, 3.63) is 77.5 Å². The highest BCUT2D eigenvalue weighted by Crippen LogP contribution is 2.40. The smallest absolute Gasteiger partial charge is 0.290 e. The SMILES string of the molecule is C=CCOc1cccc([C@@H]2C(C(=O)c3ccc(C)o3)=C(O)C(=O)N2CCN2CCOCC2)c1. The molecule has 1 fully saturated rings. The molecule has 1 aromatic heterocycles. The number of aryl methyl sites for hydroxylation is 1. The van der Waals surface area contributed by atoms with E-state index in [4.69, 9.17) is 13.9 Å². The van der Waals surface area contributed by atoms with Gasteiger partial charge < -0.3 is 23.9 Å². The third kappa shape index (κ3) is 4.86. The maximum atomic E-state index is 13.3. The summed E-state index contributed by atoms with van der Waals surface area (Å²) in [4.78, 5) is 30.2. The van der Waals surface area contributed by atoms with Crippen LogP contribution in [0.1, 0.15) is 27.9 Å². The number of hydrogen-bond acceptors (Lipinski definition) is 7. The fraction of sp³-hybridized carbons (Fsp3) is 0.360. The number of aliphatic hydroxyl groups is 1. The molecule has 0 unspecified atom stereocenters. The number of ether oxygens (including phenoxy) is 2. The van der Waals surface area contributed by atoms with E-state index in [1.807, 2.05) is 6.07 Å². The van der Waals surface area contributed by atoms with Gasteiger partial charge in [-0.15, -0.1) is 0 Å². The molecule has 2 aromatic rings. The van der Waals surface area contributed by atoms with Crippen molar-refractivity contribution < 1.29 is 28.6 Å². The molecule has 33 heavy (non-hydrogen) atoms. The maximum absolute atomic E-state index is 13.3. The summed E-state index contributed by atoms with van der Waals surface area (Å²) in [6.07, 6.45) is 1.64. The second-order valence-electron chi connectivity index (χ2n) is 8.03. The van der Waals surface area contributed by atoms with Gasteiger partial charge in [0, 0.05) is 26.2 Å². The molecule has 1 atom stereocenters. The van der Waals surface area contributed by atoms with Gasteiger partial charge in [-0.25, -0.2) is 0 Å². The summed E-state index contributed by atoms with van der Waals surface area (Å²) >= 11 is 0. The van der Waals surface area contributed by atoms with Gasteiger partial charge in [0.05, 0.1) is 24.8 Å². The summed E-state index contributed by atoms with van der Waals surface area (Å²) < 4.78 is 16.6.